The molecule has 5 nitrogen and oxygen atoms in total. The van der Waals surface area contributed by atoms with Gasteiger partial charge < -0.3 is 15.4 Å². The zero-order chi connectivity index (χ0) is 21.6. The van der Waals surface area contributed by atoms with Crippen LogP contribution in [0.1, 0.15) is 31.2 Å². The van der Waals surface area contributed by atoms with Crippen LogP contribution in [-0.4, -0.2) is 29.2 Å². The van der Waals surface area contributed by atoms with Crippen LogP contribution in [-0.2, 0) is 11.3 Å². The summed E-state index contributed by atoms with van der Waals surface area (Å²) < 4.78 is 18.8. The molecular weight excluding hydrogens is 415 g/mol. The number of pyridine rings is 2. The van der Waals surface area contributed by atoms with E-state index >= 15 is 0 Å². The van der Waals surface area contributed by atoms with Gasteiger partial charge >= 0.3 is 0 Å². The minimum atomic E-state index is -0.250. The van der Waals surface area contributed by atoms with Gasteiger partial charge in [0.25, 0.3) is 0 Å². The van der Waals surface area contributed by atoms with Gasteiger partial charge in [-0.3, -0.25) is 0 Å². The number of hydrogen-bond donors (Lipinski definition) is 2. The molecule has 4 rings (SSSR count). The Bertz CT molecular complexity index is 1020. The van der Waals surface area contributed by atoms with Gasteiger partial charge in [0.1, 0.15) is 17.5 Å². The topological polar surface area (TPSA) is 59.1 Å². The fourth-order valence-electron chi connectivity index (χ4n) is 3.89. The highest BCUT2D eigenvalue weighted by Gasteiger charge is 2.21. The largest absolute Gasteiger partial charge is 0.381 e. The molecule has 0 spiro atoms. The average Bonchev–Trinajstić information content (AvgIpc) is 2.80. The first-order valence-corrected chi connectivity index (χ1v) is 10.9. The molecule has 0 amide bonds. The maximum absolute atomic E-state index is 13.4. The smallest absolute Gasteiger partial charge is 0.126 e. The Labute approximate surface area is 187 Å². The van der Waals surface area contributed by atoms with Crippen molar-refractivity contribution < 1.29 is 9.13 Å². The van der Waals surface area contributed by atoms with E-state index in [1.165, 1.54) is 12.1 Å². The van der Waals surface area contributed by atoms with Crippen molar-refractivity contribution in [1.82, 2.24) is 9.97 Å². The fourth-order valence-corrected chi connectivity index (χ4v) is 4.09. The number of methoxy groups -OCH3 is 1. The number of aromatic nitrogens is 2. The Morgan fingerprint density at radius 1 is 1.06 bits per heavy atom. The van der Waals surface area contributed by atoms with Crippen molar-refractivity contribution in [3.05, 3.63) is 71.1 Å². The van der Waals surface area contributed by atoms with Crippen LogP contribution in [0.4, 0.5) is 16.0 Å². The van der Waals surface area contributed by atoms with Crippen molar-refractivity contribution in [2.24, 2.45) is 0 Å². The van der Waals surface area contributed by atoms with E-state index in [0.717, 1.165) is 48.3 Å². The van der Waals surface area contributed by atoms with E-state index in [0.29, 0.717) is 29.5 Å². The summed E-state index contributed by atoms with van der Waals surface area (Å²) in [5.41, 5.74) is 2.42. The molecule has 1 aliphatic rings. The maximum atomic E-state index is 13.4. The maximum Gasteiger partial charge on any atom is 0.126 e. The highest BCUT2D eigenvalue weighted by Crippen LogP contribution is 2.30. The van der Waals surface area contributed by atoms with Crippen molar-refractivity contribution in [2.75, 3.05) is 17.7 Å². The number of anilines is 2. The molecule has 1 aromatic carbocycles. The molecular formula is C24H26ClFN4O. The Morgan fingerprint density at radius 3 is 2.65 bits per heavy atom. The summed E-state index contributed by atoms with van der Waals surface area (Å²) in [6, 6.07) is 14.6. The van der Waals surface area contributed by atoms with E-state index in [1.54, 1.807) is 19.4 Å². The summed E-state index contributed by atoms with van der Waals surface area (Å²) in [4.78, 5) is 9.14. The molecule has 3 aromatic rings. The monoisotopic (exact) mass is 440 g/mol. The summed E-state index contributed by atoms with van der Waals surface area (Å²) >= 11 is 6.45. The number of ether oxygens (including phenoxy) is 1. The molecule has 2 heterocycles. The number of nitrogens with zero attached hydrogens (tertiary/aromatic N) is 2. The third-order valence-electron chi connectivity index (χ3n) is 5.60. The minimum absolute atomic E-state index is 0.250. The van der Waals surface area contributed by atoms with Gasteiger partial charge in [-0.25, -0.2) is 14.4 Å². The molecule has 2 N–H and O–H groups in total. The van der Waals surface area contributed by atoms with E-state index in [2.05, 4.69) is 20.6 Å². The number of halogens is 2. The summed E-state index contributed by atoms with van der Waals surface area (Å²) in [6.45, 7) is 0.481. The van der Waals surface area contributed by atoms with E-state index in [4.69, 9.17) is 16.3 Å². The number of hydrogen-bond acceptors (Lipinski definition) is 5. The van der Waals surface area contributed by atoms with Crippen molar-refractivity contribution >= 4 is 23.2 Å². The predicted octanol–water partition coefficient (Wildman–Crippen LogP) is 5.92. The lowest BCUT2D eigenvalue weighted by atomic mass is 9.93. The Morgan fingerprint density at radius 2 is 1.87 bits per heavy atom. The first-order chi connectivity index (χ1) is 15.1. The molecule has 0 atom stereocenters. The van der Waals surface area contributed by atoms with E-state index in [1.807, 2.05) is 30.3 Å². The van der Waals surface area contributed by atoms with Crippen LogP contribution in [0.15, 0.2) is 54.7 Å². The molecule has 0 unspecified atom stereocenters. The van der Waals surface area contributed by atoms with Crippen LogP contribution in [0.25, 0.3) is 11.3 Å². The van der Waals surface area contributed by atoms with Crippen molar-refractivity contribution in [1.29, 1.82) is 0 Å². The summed E-state index contributed by atoms with van der Waals surface area (Å²) in [5.74, 6) is 1.24. The molecule has 0 aliphatic heterocycles. The Hall–Kier alpha value is -2.70. The lowest BCUT2D eigenvalue weighted by Crippen LogP contribution is -2.29. The normalized spacial score (nSPS) is 18.5. The van der Waals surface area contributed by atoms with Crippen LogP contribution < -0.4 is 10.6 Å². The Kier molecular flexibility index (Phi) is 6.99. The molecule has 2 aromatic heterocycles. The minimum Gasteiger partial charge on any atom is -0.381 e. The van der Waals surface area contributed by atoms with Gasteiger partial charge in [-0.1, -0.05) is 29.8 Å². The third-order valence-corrected chi connectivity index (χ3v) is 5.90. The van der Waals surface area contributed by atoms with Crippen LogP contribution in [0.2, 0.25) is 5.02 Å². The van der Waals surface area contributed by atoms with Gasteiger partial charge in [-0.05, 0) is 61.6 Å². The molecule has 0 radical (unpaired) electrons. The van der Waals surface area contributed by atoms with Crippen LogP contribution >= 0.6 is 11.6 Å². The number of rotatable bonds is 7. The molecule has 1 aliphatic carbocycles. The van der Waals surface area contributed by atoms with Crippen LogP contribution in [0.3, 0.4) is 0 Å². The van der Waals surface area contributed by atoms with Crippen molar-refractivity contribution in [2.45, 2.75) is 44.4 Å². The summed E-state index contributed by atoms with van der Waals surface area (Å²) in [5, 5.41) is 7.31. The SMILES string of the molecule is CO[C@H]1CC[C@H](Nc2cc(-c3cccc(NCc4cccc(F)c4)n3)c(Cl)cn2)CC1. The molecule has 31 heavy (non-hydrogen) atoms. The lowest BCUT2D eigenvalue weighted by Gasteiger charge is -2.28. The molecule has 1 fully saturated rings. The second-order valence-corrected chi connectivity index (χ2v) is 8.20. The second kappa shape index (κ2) is 10.1. The van der Waals surface area contributed by atoms with E-state index in [-0.39, 0.29) is 5.82 Å². The third kappa shape index (κ3) is 5.71. The molecule has 0 saturated heterocycles. The van der Waals surface area contributed by atoms with Gasteiger partial charge in [0.2, 0.25) is 0 Å². The van der Waals surface area contributed by atoms with Gasteiger partial charge in [0, 0.05) is 31.5 Å². The highest BCUT2D eigenvalue weighted by molar-refractivity contribution is 6.33. The van der Waals surface area contributed by atoms with Gasteiger partial charge in [-0.15, -0.1) is 0 Å². The molecule has 162 valence electrons. The van der Waals surface area contributed by atoms with Crippen molar-refractivity contribution in [3.8, 4) is 11.3 Å². The summed E-state index contributed by atoms with van der Waals surface area (Å²) in [6.07, 6.45) is 6.23. The summed E-state index contributed by atoms with van der Waals surface area (Å²) in [7, 11) is 1.78. The zero-order valence-corrected chi connectivity index (χ0v) is 18.2. The fraction of sp³-hybridized carbons (Fsp3) is 0.333. The zero-order valence-electron chi connectivity index (χ0n) is 17.4. The van der Waals surface area contributed by atoms with E-state index < -0.39 is 0 Å². The van der Waals surface area contributed by atoms with Gasteiger partial charge in [0.15, 0.2) is 0 Å². The molecule has 1 saturated carbocycles. The average molecular weight is 441 g/mol. The Balaban J connectivity index is 1.46. The van der Waals surface area contributed by atoms with Crippen molar-refractivity contribution in [3.63, 3.8) is 0 Å². The molecule has 0 bridgehead atoms. The van der Waals surface area contributed by atoms with Gasteiger partial charge in [0.05, 0.1) is 16.8 Å². The second-order valence-electron chi connectivity index (χ2n) is 7.79. The number of nitrogens with one attached hydrogen (secondary N) is 2. The predicted molar refractivity (Wildman–Crippen MR) is 123 cm³/mol. The van der Waals surface area contributed by atoms with E-state index in [9.17, 15) is 4.39 Å². The first-order valence-electron chi connectivity index (χ1n) is 10.5. The van der Waals surface area contributed by atoms with Crippen LogP contribution in [0.5, 0.6) is 0 Å². The molecule has 7 heteroatoms. The van der Waals surface area contributed by atoms with Crippen LogP contribution in [0, 0.1) is 5.82 Å². The quantitative estimate of drug-likeness (QED) is 0.477. The lowest BCUT2D eigenvalue weighted by molar-refractivity contribution is 0.0681. The van der Waals surface area contributed by atoms with Gasteiger partial charge in [-0.2, -0.15) is 0 Å². The highest BCUT2D eigenvalue weighted by atomic mass is 35.5. The number of benzene rings is 1. The standard InChI is InChI=1S/C24H26ClFN4O/c1-31-19-10-8-18(9-11-19)29-24-13-20(21(25)15-28-24)22-6-3-7-23(30-22)27-14-16-4-2-5-17(26)12-16/h2-7,12-13,15,18-19H,8-11,14H2,1H3,(H,27,30)(H,28,29)/t18-,19-. The first kappa shape index (κ1) is 21.5.